The Bertz CT molecular complexity index is 1110. The Labute approximate surface area is 173 Å². The monoisotopic (exact) mass is 409 g/mol. The zero-order valence-corrected chi connectivity index (χ0v) is 17.7. The summed E-state index contributed by atoms with van der Waals surface area (Å²) >= 11 is 1.39. The van der Waals surface area contributed by atoms with Crippen LogP contribution in [0.2, 0.25) is 0 Å². The van der Waals surface area contributed by atoms with Crippen molar-refractivity contribution >= 4 is 44.2 Å². The number of carbonyl (C=O) groups is 2. The van der Waals surface area contributed by atoms with E-state index in [4.69, 9.17) is 4.74 Å². The number of hydrogen-bond acceptors (Lipinski definition) is 5. The van der Waals surface area contributed by atoms with Crippen LogP contribution >= 0.6 is 11.3 Å². The van der Waals surface area contributed by atoms with Gasteiger partial charge in [-0.05, 0) is 49.6 Å². The van der Waals surface area contributed by atoms with Crippen LogP contribution in [0.25, 0.3) is 10.2 Å². The number of amides is 2. The Morgan fingerprint density at radius 1 is 1.28 bits per heavy atom. The first-order valence-corrected chi connectivity index (χ1v) is 10.5. The Balaban J connectivity index is 1.64. The van der Waals surface area contributed by atoms with Crippen LogP contribution in [0, 0.1) is 0 Å². The summed E-state index contributed by atoms with van der Waals surface area (Å²) in [4.78, 5) is 32.3. The minimum absolute atomic E-state index is 0.389. The number of nitrogens with one attached hydrogen (secondary N) is 1. The van der Waals surface area contributed by atoms with Gasteiger partial charge in [-0.1, -0.05) is 43.4 Å². The van der Waals surface area contributed by atoms with Gasteiger partial charge in [-0.25, -0.2) is 4.98 Å². The molecule has 0 radical (unpaired) electrons. The van der Waals surface area contributed by atoms with Gasteiger partial charge >= 0.3 is 0 Å². The van der Waals surface area contributed by atoms with Gasteiger partial charge in [0.05, 0.1) is 15.9 Å². The lowest BCUT2D eigenvalue weighted by Gasteiger charge is -2.38. The zero-order chi connectivity index (χ0) is 20.8. The van der Waals surface area contributed by atoms with Crippen molar-refractivity contribution in [1.29, 1.82) is 0 Å². The predicted molar refractivity (Wildman–Crippen MR) is 116 cm³/mol. The van der Waals surface area contributed by atoms with Gasteiger partial charge < -0.3 is 9.64 Å². The van der Waals surface area contributed by atoms with E-state index in [2.05, 4.69) is 30.2 Å². The van der Waals surface area contributed by atoms with Crippen LogP contribution in [0.5, 0.6) is 5.75 Å². The molecular weight excluding hydrogens is 386 g/mol. The lowest BCUT2D eigenvalue weighted by atomic mass is 10.00. The van der Waals surface area contributed by atoms with Gasteiger partial charge in [0, 0.05) is 6.54 Å². The number of nitrogens with zero attached hydrogens (tertiary/aromatic N) is 2. The topological polar surface area (TPSA) is 71.5 Å². The third kappa shape index (κ3) is 3.25. The second-order valence-corrected chi connectivity index (χ2v) is 8.54. The standard InChI is InChI=1S/C22H23N3O3S/c1-5-25-16-8-6-7-9-17(16)28-22(4,20(25)27)19(26)24-21-23-15-11-10-14(13(2)3)12-18(15)29-21/h6-13H,5H2,1-4H3,(H,23,24,26). The van der Waals surface area contributed by atoms with E-state index >= 15 is 0 Å². The van der Waals surface area contributed by atoms with Crippen molar-refractivity contribution in [2.75, 3.05) is 16.8 Å². The van der Waals surface area contributed by atoms with Crippen LogP contribution in [0.4, 0.5) is 10.8 Å². The van der Waals surface area contributed by atoms with Gasteiger partial charge in [-0.3, -0.25) is 14.9 Å². The molecule has 1 aromatic heterocycles. The van der Waals surface area contributed by atoms with Gasteiger partial charge in [-0.15, -0.1) is 0 Å². The molecule has 0 saturated carbocycles. The third-order valence-electron chi connectivity index (χ3n) is 5.17. The highest BCUT2D eigenvalue weighted by molar-refractivity contribution is 7.22. The highest BCUT2D eigenvalue weighted by Gasteiger charge is 2.50. The highest BCUT2D eigenvalue weighted by Crippen LogP contribution is 2.38. The van der Waals surface area contributed by atoms with Gasteiger partial charge in [0.2, 0.25) is 0 Å². The number of ether oxygens (including phenoxy) is 1. The molecule has 3 aromatic rings. The number of anilines is 2. The summed E-state index contributed by atoms with van der Waals surface area (Å²) in [6.45, 7) is 8.09. The van der Waals surface area contributed by atoms with E-state index in [0.29, 0.717) is 29.0 Å². The van der Waals surface area contributed by atoms with Crippen LogP contribution in [0.15, 0.2) is 42.5 Å². The lowest BCUT2D eigenvalue weighted by molar-refractivity contribution is -0.145. The first-order valence-electron chi connectivity index (χ1n) is 9.65. The molecule has 7 heteroatoms. The Hall–Kier alpha value is -2.93. The summed E-state index contributed by atoms with van der Waals surface area (Å²) in [5, 5.41) is 3.24. The first-order chi connectivity index (χ1) is 13.8. The van der Waals surface area contributed by atoms with Crippen LogP contribution in [-0.2, 0) is 9.59 Å². The van der Waals surface area contributed by atoms with Crippen molar-refractivity contribution in [3.05, 3.63) is 48.0 Å². The molecule has 6 nitrogen and oxygen atoms in total. The molecule has 2 aromatic carbocycles. The molecule has 1 atom stereocenters. The average molecular weight is 410 g/mol. The number of likely N-dealkylation sites (N-methyl/N-ethyl adjacent to an activating group) is 1. The molecule has 2 heterocycles. The molecule has 1 aliphatic heterocycles. The van der Waals surface area contributed by atoms with Gasteiger partial charge in [0.15, 0.2) is 5.13 Å². The van der Waals surface area contributed by atoms with Crippen molar-refractivity contribution < 1.29 is 14.3 Å². The quantitative estimate of drug-likeness (QED) is 0.641. The molecule has 1 N–H and O–H groups in total. The predicted octanol–water partition coefficient (Wildman–Crippen LogP) is 4.56. The van der Waals surface area contributed by atoms with Crippen molar-refractivity contribution in [2.45, 2.75) is 39.2 Å². The highest BCUT2D eigenvalue weighted by atomic mass is 32.1. The maximum Gasteiger partial charge on any atom is 0.280 e. The number of para-hydroxylation sites is 2. The van der Waals surface area contributed by atoms with E-state index in [9.17, 15) is 9.59 Å². The van der Waals surface area contributed by atoms with E-state index in [-0.39, 0.29) is 5.91 Å². The molecule has 1 aliphatic rings. The number of fused-ring (bicyclic) bond motifs is 2. The molecule has 150 valence electrons. The minimum Gasteiger partial charge on any atom is -0.465 e. The molecule has 0 fully saturated rings. The number of rotatable bonds is 4. The Morgan fingerprint density at radius 2 is 2.03 bits per heavy atom. The summed E-state index contributed by atoms with van der Waals surface area (Å²) in [5.41, 5.74) is 1.04. The summed E-state index contributed by atoms with van der Waals surface area (Å²) in [7, 11) is 0. The second-order valence-electron chi connectivity index (χ2n) is 7.51. The zero-order valence-electron chi connectivity index (χ0n) is 16.9. The van der Waals surface area contributed by atoms with Crippen LogP contribution < -0.4 is 15.0 Å². The van der Waals surface area contributed by atoms with E-state index in [1.165, 1.54) is 23.8 Å². The number of aromatic nitrogens is 1. The fourth-order valence-electron chi connectivity index (χ4n) is 3.42. The van der Waals surface area contributed by atoms with E-state index in [0.717, 1.165) is 10.2 Å². The average Bonchev–Trinajstić information content (AvgIpc) is 3.10. The maximum atomic E-state index is 13.1. The third-order valence-corrected chi connectivity index (χ3v) is 6.11. The molecule has 29 heavy (non-hydrogen) atoms. The Morgan fingerprint density at radius 3 is 2.76 bits per heavy atom. The van der Waals surface area contributed by atoms with Gasteiger partial charge in [0.1, 0.15) is 5.75 Å². The van der Waals surface area contributed by atoms with Gasteiger partial charge in [0.25, 0.3) is 17.4 Å². The number of thiazole rings is 1. The van der Waals surface area contributed by atoms with Crippen LogP contribution in [0.3, 0.4) is 0 Å². The molecule has 2 amide bonds. The van der Waals surface area contributed by atoms with E-state index < -0.39 is 11.5 Å². The second kappa shape index (κ2) is 7.15. The normalized spacial score (nSPS) is 18.7. The summed E-state index contributed by atoms with van der Waals surface area (Å²) in [6, 6.07) is 13.3. The summed E-state index contributed by atoms with van der Waals surface area (Å²) in [6.07, 6.45) is 0. The fourth-order valence-corrected chi connectivity index (χ4v) is 4.33. The molecule has 4 rings (SSSR count). The smallest absolute Gasteiger partial charge is 0.280 e. The Kier molecular flexibility index (Phi) is 4.78. The minimum atomic E-state index is -1.66. The number of carbonyl (C=O) groups excluding carboxylic acids is 2. The largest absolute Gasteiger partial charge is 0.465 e. The van der Waals surface area contributed by atoms with Crippen LogP contribution in [-0.4, -0.2) is 28.9 Å². The molecule has 0 spiro atoms. The van der Waals surface area contributed by atoms with Crippen molar-refractivity contribution in [2.24, 2.45) is 0 Å². The molecule has 0 aliphatic carbocycles. The van der Waals surface area contributed by atoms with E-state index in [1.807, 2.05) is 37.3 Å². The van der Waals surface area contributed by atoms with Crippen molar-refractivity contribution in [3.8, 4) is 5.75 Å². The SMILES string of the molecule is CCN1C(=O)C(C)(C(=O)Nc2nc3ccc(C(C)C)cc3s2)Oc2ccccc21. The van der Waals surface area contributed by atoms with E-state index in [1.54, 1.807) is 11.0 Å². The van der Waals surface area contributed by atoms with Crippen LogP contribution in [0.1, 0.15) is 39.2 Å². The first kappa shape index (κ1) is 19.4. The summed E-state index contributed by atoms with van der Waals surface area (Å²) < 4.78 is 6.89. The van der Waals surface area contributed by atoms with Crippen molar-refractivity contribution in [3.63, 3.8) is 0 Å². The maximum absolute atomic E-state index is 13.1. The molecule has 0 bridgehead atoms. The summed E-state index contributed by atoms with van der Waals surface area (Å²) in [5.74, 6) is 0.00211. The number of benzene rings is 2. The van der Waals surface area contributed by atoms with Gasteiger partial charge in [-0.2, -0.15) is 0 Å². The molecular formula is C22H23N3O3S. The van der Waals surface area contributed by atoms with Crippen molar-refractivity contribution in [1.82, 2.24) is 4.98 Å². The number of hydrogen-bond donors (Lipinski definition) is 1. The lowest BCUT2D eigenvalue weighted by Crippen LogP contribution is -2.60. The molecule has 1 unspecified atom stereocenters. The fraction of sp³-hybridized carbons (Fsp3) is 0.318. The molecule has 0 saturated heterocycles.